The first-order chi connectivity index (χ1) is 14.6. The Kier molecular flexibility index (Phi) is 7.79. The van der Waals surface area contributed by atoms with E-state index in [1.165, 1.54) is 10.6 Å². The van der Waals surface area contributed by atoms with E-state index in [-0.39, 0.29) is 5.91 Å². The van der Waals surface area contributed by atoms with E-state index in [2.05, 4.69) is 22.3 Å². The van der Waals surface area contributed by atoms with Gasteiger partial charge in [0, 0.05) is 11.8 Å². The molecular formula is C23H32N3O4+. The molecule has 162 valence electrons. The third-order valence-electron chi connectivity index (χ3n) is 5.15. The van der Waals surface area contributed by atoms with Crippen LogP contribution < -0.4 is 29.3 Å². The summed E-state index contributed by atoms with van der Waals surface area (Å²) in [5, 5.41) is 3.00. The molecule has 1 fully saturated rings. The lowest BCUT2D eigenvalue weighted by molar-refractivity contribution is -0.892. The van der Waals surface area contributed by atoms with Gasteiger partial charge in [0.25, 0.3) is 5.91 Å². The van der Waals surface area contributed by atoms with E-state index in [1.807, 2.05) is 44.2 Å². The number of benzene rings is 2. The standard InChI is InChI=1S/C23H31N3O4/c1-4-29-20-10-11-22(30-5-2)21(16-20)24-23(27)17-25-12-14-26(15-13-25)18-6-8-19(28-3)9-7-18/h6-11,16H,4-5,12-15,17H2,1-3H3,(H,24,27)/p+1. The van der Waals surface area contributed by atoms with Gasteiger partial charge in [-0.2, -0.15) is 0 Å². The highest BCUT2D eigenvalue weighted by molar-refractivity contribution is 5.93. The zero-order chi connectivity index (χ0) is 21.3. The minimum atomic E-state index is -0.0162. The normalized spacial score (nSPS) is 14.3. The van der Waals surface area contributed by atoms with Crippen molar-refractivity contribution in [2.45, 2.75) is 13.8 Å². The van der Waals surface area contributed by atoms with Crippen LogP contribution in [0.25, 0.3) is 0 Å². The lowest BCUT2D eigenvalue weighted by atomic mass is 10.2. The Balaban J connectivity index is 1.54. The number of methoxy groups -OCH3 is 1. The number of rotatable bonds is 9. The Morgan fingerprint density at radius 1 is 1.00 bits per heavy atom. The van der Waals surface area contributed by atoms with Gasteiger partial charge >= 0.3 is 0 Å². The van der Waals surface area contributed by atoms with Gasteiger partial charge in [-0.15, -0.1) is 0 Å². The van der Waals surface area contributed by atoms with Crippen LogP contribution in [0.3, 0.4) is 0 Å². The zero-order valence-corrected chi connectivity index (χ0v) is 18.1. The average molecular weight is 415 g/mol. The van der Waals surface area contributed by atoms with Crippen molar-refractivity contribution in [1.29, 1.82) is 0 Å². The number of hydrogen-bond acceptors (Lipinski definition) is 5. The van der Waals surface area contributed by atoms with Gasteiger partial charge in [0.2, 0.25) is 0 Å². The molecule has 30 heavy (non-hydrogen) atoms. The summed E-state index contributed by atoms with van der Waals surface area (Å²) in [4.78, 5) is 16.3. The predicted molar refractivity (Wildman–Crippen MR) is 118 cm³/mol. The molecule has 0 unspecified atom stereocenters. The maximum atomic E-state index is 12.7. The summed E-state index contributed by atoms with van der Waals surface area (Å²) in [6.45, 7) is 9.06. The Morgan fingerprint density at radius 3 is 2.30 bits per heavy atom. The van der Waals surface area contributed by atoms with Crippen molar-refractivity contribution in [3.05, 3.63) is 42.5 Å². The van der Waals surface area contributed by atoms with Crippen LogP contribution in [0.4, 0.5) is 11.4 Å². The average Bonchev–Trinajstić information content (AvgIpc) is 2.76. The largest absolute Gasteiger partial charge is 0.497 e. The molecule has 1 aliphatic rings. The summed E-state index contributed by atoms with van der Waals surface area (Å²) in [5.74, 6) is 2.22. The van der Waals surface area contributed by atoms with Crippen molar-refractivity contribution in [3.63, 3.8) is 0 Å². The monoisotopic (exact) mass is 414 g/mol. The van der Waals surface area contributed by atoms with E-state index >= 15 is 0 Å². The van der Waals surface area contributed by atoms with Gasteiger partial charge in [0.05, 0.1) is 52.2 Å². The molecular weight excluding hydrogens is 382 g/mol. The quantitative estimate of drug-likeness (QED) is 0.656. The van der Waals surface area contributed by atoms with E-state index in [0.717, 1.165) is 37.7 Å². The van der Waals surface area contributed by atoms with Crippen LogP contribution in [-0.4, -0.2) is 59.0 Å². The minimum absolute atomic E-state index is 0.0162. The number of carbonyl (C=O) groups is 1. The van der Waals surface area contributed by atoms with Crippen LogP contribution >= 0.6 is 0 Å². The van der Waals surface area contributed by atoms with Crippen molar-refractivity contribution < 1.29 is 23.9 Å². The summed E-state index contributed by atoms with van der Waals surface area (Å²) in [6, 6.07) is 13.6. The molecule has 2 N–H and O–H groups in total. The third-order valence-corrected chi connectivity index (χ3v) is 5.15. The molecule has 7 heteroatoms. The van der Waals surface area contributed by atoms with E-state index < -0.39 is 0 Å². The van der Waals surface area contributed by atoms with Crippen LogP contribution in [-0.2, 0) is 4.79 Å². The number of carbonyl (C=O) groups excluding carboxylic acids is 1. The predicted octanol–water partition coefficient (Wildman–Crippen LogP) is 1.84. The van der Waals surface area contributed by atoms with Crippen LogP contribution in [0.1, 0.15) is 13.8 Å². The SMILES string of the molecule is CCOc1ccc(OCC)c(NC(=O)C[NH+]2CCN(c3ccc(OC)cc3)CC2)c1. The number of amides is 1. The highest BCUT2D eigenvalue weighted by atomic mass is 16.5. The second-order valence-corrected chi connectivity index (χ2v) is 7.18. The number of nitrogens with zero attached hydrogens (tertiary/aromatic N) is 1. The van der Waals surface area contributed by atoms with Gasteiger partial charge in [-0.3, -0.25) is 4.79 Å². The van der Waals surface area contributed by atoms with Crippen LogP contribution in [0.5, 0.6) is 17.2 Å². The Labute approximate surface area is 178 Å². The van der Waals surface area contributed by atoms with Crippen LogP contribution in [0, 0.1) is 0 Å². The number of ether oxygens (including phenoxy) is 3. The molecule has 0 aromatic heterocycles. The lowest BCUT2D eigenvalue weighted by Crippen LogP contribution is -3.15. The molecule has 0 saturated carbocycles. The molecule has 1 heterocycles. The topological polar surface area (TPSA) is 64.5 Å². The molecule has 0 spiro atoms. The molecule has 2 aromatic rings. The summed E-state index contributed by atoms with van der Waals surface area (Å²) in [6.07, 6.45) is 0. The van der Waals surface area contributed by atoms with E-state index in [4.69, 9.17) is 14.2 Å². The van der Waals surface area contributed by atoms with E-state index in [0.29, 0.717) is 31.2 Å². The zero-order valence-electron chi connectivity index (χ0n) is 18.1. The van der Waals surface area contributed by atoms with Crippen molar-refractivity contribution in [2.75, 3.05) is 63.3 Å². The van der Waals surface area contributed by atoms with E-state index in [9.17, 15) is 4.79 Å². The van der Waals surface area contributed by atoms with Gasteiger partial charge in [-0.25, -0.2) is 0 Å². The van der Waals surface area contributed by atoms with Crippen LogP contribution in [0.15, 0.2) is 42.5 Å². The molecule has 0 atom stereocenters. The van der Waals surface area contributed by atoms with Gasteiger partial charge in [-0.1, -0.05) is 0 Å². The van der Waals surface area contributed by atoms with Crippen molar-refractivity contribution in [1.82, 2.24) is 0 Å². The third kappa shape index (κ3) is 5.79. The van der Waals surface area contributed by atoms with Gasteiger partial charge < -0.3 is 29.3 Å². The highest BCUT2D eigenvalue weighted by Crippen LogP contribution is 2.29. The summed E-state index contributed by atoms with van der Waals surface area (Å²) < 4.78 is 16.4. The lowest BCUT2D eigenvalue weighted by Gasteiger charge is -2.33. The van der Waals surface area contributed by atoms with Gasteiger partial charge in [0.1, 0.15) is 17.2 Å². The number of quaternary nitrogens is 1. The Hall–Kier alpha value is -2.93. The first-order valence-electron chi connectivity index (χ1n) is 10.5. The maximum Gasteiger partial charge on any atom is 0.279 e. The van der Waals surface area contributed by atoms with Crippen molar-refractivity contribution in [3.8, 4) is 17.2 Å². The minimum Gasteiger partial charge on any atom is -0.497 e. The van der Waals surface area contributed by atoms with Gasteiger partial charge in [-0.05, 0) is 50.2 Å². The second kappa shape index (κ2) is 10.7. The smallest absolute Gasteiger partial charge is 0.279 e. The molecule has 1 aliphatic heterocycles. The molecule has 7 nitrogen and oxygen atoms in total. The summed E-state index contributed by atoms with van der Waals surface area (Å²) in [7, 11) is 1.67. The van der Waals surface area contributed by atoms with Crippen molar-refractivity contribution >= 4 is 17.3 Å². The number of hydrogen-bond donors (Lipinski definition) is 2. The maximum absolute atomic E-state index is 12.7. The fraction of sp³-hybridized carbons (Fsp3) is 0.435. The molecule has 1 amide bonds. The number of piperazine rings is 1. The fourth-order valence-electron chi connectivity index (χ4n) is 3.62. The molecule has 1 saturated heterocycles. The first-order valence-corrected chi connectivity index (χ1v) is 10.5. The summed E-state index contributed by atoms with van der Waals surface area (Å²) in [5.41, 5.74) is 1.84. The first kappa shape index (κ1) is 21.8. The second-order valence-electron chi connectivity index (χ2n) is 7.18. The highest BCUT2D eigenvalue weighted by Gasteiger charge is 2.23. The number of nitrogens with one attached hydrogen (secondary N) is 2. The molecule has 0 aliphatic carbocycles. The molecule has 0 bridgehead atoms. The molecule has 2 aromatic carbocycles. The van der Waals surface area contributed by atoms with E-state index in [1.54, 1.807) is 7.11 Å². The fourth-order valence-corrected chi connectivity index (χ4v) is 3.62. The Morgan fingerprint density at radius 2 is 1.67 bits per heavy atom. The molecule has 0 radical (unpaired) electrons. The van der Waals surface area contributed by atoms with Crippen LogP contribution in [0.2, 0.25) is 0 Å². The molecule has 3 rings (SSSR count). The van der Waals surface area contributed by atoms with Crippen molar-refractivity contribution in [2.24, 2.45) is 0 Å². The summed E-state index contributed by atoms with van der Waals surface area (Å²) >= 11 is 0. The number of anilines is 2. The van der Waals surface area contributed by atoms with Gasteiger partial charge in [0.15, 0.2) is 6.54 Å². The Bertz CT molecular complexity index is 818.